The van der Waals surface area contributed by atoms with Crippen LogP contribution < -0.4 is 10.6 Å². The lowest BCUT2D eigenvalue weighted by Gasteiger charge is -2.13. The van der Waals surface area contributed by atoms with Gasteiger partial charge in [0.05, 0.1) is 46.2 Å². The van der Waals surface area contributed by atoms with Crippen LogP contribution in [-0.2, 0) is 28.5 Å². The average molecular weight is 380 g/mol. The van der Waals surface area contributed by atoms with Gasteiger partial charge in [-0.2, -0.15) is 0 Å². The number of halogens is 1. The summed E-state index contributed by atoms with van der Waals surface area (Å²) in [5.74, 6) is -0.438. The van der Waals surface area contributed by atoms with Gasteiger partial charge in [-0.25, -0.2) is 4.39 Å². The van der Waals surface area contributed by atoms with Crippen molar-refractivity contribution in [3.63, 3.8) is 0 Å². The molecule has 0 heterocycles. The number of ether oxygens (including phenoxy) is 4. The number of carbonyl (C=O) groups is 2. The molecule has 0 spiro atoms. The molecule has 0 fully saturated rings. The number of hydrogen-bond acceptors (Lipinski definition) is 6. The zero-order chi connectivity index (χ0) is 19.6. The van der Waals surface area contributed by atoms with E-state index in [4.69, 9.17) is 14.2 Å². The summed E-state index contributed by atoms with van der Waals surface area (Å²) in [6, 6.07) is 0. The Hall–Kier alpha value is -1.29. The van der Waals surface area contributed by atoms with Crippen molar-refractivity contribution in [3.8, 4) is 0 Å². The van der Waals surface area contributed by atoms with Gasteiger partial charge in [0.15, 0.2) is 0 Å². The van der Waals surface area contributed by atoms with Crippen LogP contribution in [0.1, 0.15) is 20.3 Å². The predicted octanol–water partition coefficient (Wildman–Crippen LogP) is 0.299. The topological polar surface area (TPSA) is 95.1 Å². The van der Waals surface area contributed by atoms with Gasteiger partial charge in [0.2, 0.25) is 11.8 Å². The van der Waals surface area contributed by atoms with E-state index in [1.807, 2.05) is 6.92 Å². The first kappa shape index (κ1) is 24.7. The van der Waals surface area contributed by atoms with Crippen LogP contribution in [0.25, 0.3) is 0 Å². The Labute approximate surface area is 155 Å². The molecule has 0 rings (SSSR count). The fraction of sp³-hybridized carbons (Fsp3) is 0.882. The summed E-state index contributed by atoms with van der Waals surface area (Å²) in [5.41, 5.74) is 0. The largest absolute Gasteiger partial charge is 0.377 e. The average Bonchev–Trinajstić information content (AvgIpc) is 2.63. The molecule has 26 heavy (non-hydrogen) atoms. The van der Waals surface area contributed by atoms with E-state index in [9.17, 15) is 14.0 Å². The highest BCUT2D eigenvalue weighted by Gasteiger charge is 2.13. The highest BCUT2D eigenvalue weighted by atomic mass is 19.1. The van der Waals surface area contributed by atoms with Gasteiger partial charge in [-0.3, -0.25) is 9.59 Å². The monoisotopic (exact) mass is 380 g/mol. The molecule has 2 unspecified atom stereocenters. The van der Waals surface area contributed by atoms with Crippen molar-refractivity contribution < 1.29 is 32.9 Å². The summed E-state index contributed by atoms with van der Waals surface area (Å²) in [5, 5.41) is 5.19. The van der Waals surface area contributed by atoms with Gasteiger partial charge in [-0.05, 0) is 6.42 Å². The van der Waals surface area contributed by atoms with Crippen molar-refractivity contribution in [1.82, 2.24) is 10.6 Å². The van der Waals surface area contributed by atoms with Crippen molar-refractivity contribution in [2.45, 2.75) is 26.4 Å². The van der Waals surface area contributed by atoms with Crippen LogP contribution in [0.4, 0.5) is 4.39 Å². The standard InChI is InChI=1S/C17H33FN2O6/c1-4-14(2)17(22)20-11-15(18)12-26-10-9-25-8-7-24-6-5-19-16(21)13-23-3/h14-15H,4-13H2,1-3H3,(H,19,21)(H,20,22). The highest BCUT2D eigenvalue weighted by molar-refractivity contribution is 5.78. The number of hydrogen-bond donors (Lipinski definition) is 2. The van der Waals surface area contributed by atoms with Crippen molar-refractivity contribution in [2.24, 2.45) is 5.92 Å². The van der Waals surface area contributed by atoms with Crippen LogP contribution in [0.3, 0.4) is 0 Å². The van der Waals surface area contributed by atoms with Gasteiger partial charge in [-0.15, -0.1) is 0 Å². The highest BCUT2D eigenvalue weighted by Crippen LogP contribution is 2.00. The molecule has 0 aromatic heterocycles. The first-order valence-corrected chi connectivity index (χ1v) is 8.91. The van der Waals surface area contributed by atoms with E-state index in [1.165, 1.54) is 7.11 Å². The zero-order valence-corrected chi connectivity index (χ0v) is 16.1. The minimum absolute atomic E-state index is 0.0348. The fourth-order valence-corrected chi connectivity index (χ4v) is 1.73. The number of carbonyl (C=O) groups excluding carboxylic acids is 2. The molecule has 0 aliphatic rings. The minimum atomic E-state index is -1.24. The molecular weight excluding hydrogens is 347 g/mol. The number of rotatable bonds is 17. The SMILES string of the molecule is CCC(C)C(=O)NCC(F)COCCOCCOCCNC(=O)COC. The first-order chi connectivity index (χ1) is 12.5. The van der Waals surface area contributed by atoms with Gasteiger partial charge in [-0.1, -0.05) is 13.8 Å². The molecule has 2 amide bonds. The number of alkyl halides is 1. The first-order valence-electron chi connectivity index (χ1n) is 8.91. The zero-order valence-electron chi connectivity index (χ0n) is 16.1. The fourth-order valence-electron chi connectivity index (χ4n) is 1.73. The van der Waals surface area contributed by atoms with Crippen molar-refractivity contribution in [3.05, 3.63) is 0 Å². The summed E-state index contributed by atoms with van der Waals surface area (Å²) in [6.07, 6.45) is -0.511. The quantitative estimate of drug-likeness (QED) is 0.353. The molecular formula is C17H33FN2O6. The maximum Gasteiger partial charge on any atom is 0.246 e. The van der Waals surface area contributed by atoms with Crippen LogP contribution in [0.2, 0.25) is 0 Å². The molecule has 0 aromatic rings. The maximum absolute atomic E-state index is 13.5. The summed E-state index contributed by atoms with van der Waals surface area (Å²) in [4.78, 5) is 22.6. The van der Waals surface area contributed by atoms with Crippen LogP contribution in [-0.4, -0.2) is 84.4 Å². The molecule has 0 saturated carbocycles. The third-order valence-corrected chi connectivity index (χ3v) is 3.44. The summed E-state index contributed by atoms with van der Waals surface area (Å²) in [6.45, 7) is 5.81. The summed E-state index contributed by atoms with van der Waals surface area (Å²) >= 11 is 0. The van der Waals surface area contributed by atoms with Gasteiger partial charge in [0, 0.05) is 19.6 Å². The molecule has 0 bridgehead atoms. The molecule has 9 heteroatoms. The molecule has 2 atom stereocenters. The second-order valence-electron chi connectivity index (χ2n) is 5.73. The molecule has 0 aromatic carbocycles. The number of amides is 2. The van der Waals surface area contributed by atoms with E-state index < -0.39 is 6.17 Å². The Kier molecular flexibility index (Phi) is 16.3. The van der Waals surface area contributed by atoms with E-state index in [1.54, 1.807) is 6.92 Å². The van der Waals surface area contributed by atoms with E-state index >= 15 is 0 Å². The number of nitrogens with one attached hydrogen (secondary N) is 2. The van der Waals surface area contributed by atoms with E-state index in [-0.39, 0.29) is 44.1 Å². The Morgan fingerprint density at radius 2 is 1.62 bits per heavy atom. The minimum Gasteiger partial charge on any atom is -0.377 e. The third-order valence-electron chi connectivity index (χ3n) is 3.44. The van der Waals surface area contributed by atoms with E-state index in [2.05, 4.69) is 15.4 Å². The summed E-state index contributed by atoms with van der Waals surface area (Å²) in [7, 11) is 1.46. The third kappa shape index (κ3) is 15.0. The second-order valence-corrected chi connectivity index (χ2v) is 5.73. The van der Waals surface area contributed by atoms with Crippen LogP contribution in [0, 0.1) is 5.92 Å². The van der Waals surface area contributed by atoms with Gasteiger partial charge in [0.25, 0.3) is 0 Å². The molecule has 0 aliphatic carbocycles. The molecule has 0 radical (unpaired) electrons. The number of methoxy groups -OCH3 is 1. The van der Waals surface area contributed by atoms with Crippen LogP contribution >= 0.6 is 0 Å². The maximum atomic E-state index is 13.5. The molecule has 8 nitrogen and oxygen atoms in total. The molecule has 0 saturated heterocycles. The van der Waals surface area contributed by atoms with Crippen molar-refractivity contribution in [2.75, 3.05) is 66.4 Å². The smallest absolute Gasteiger partial charge is 0.246 e. The van der Waals surface area contributed by atoms with E-state index in [0.717, 1.165) is 6.42 Å². The summed E-state index contributed by atoms with van der Waals surface area (Å²) < 4.78 is 33.9. The normalized spacial score (nSPS) is 13.2. The molecule has 2 N–H and O–H groups in total. The van der Waals surface area contributed by atoms with E-state index in [0.29, 0.717) is 33.0 Å². The Balaban J connectivity index is 3.33. The lowest BCUT2D eigenvalue weighted by Crippen LogP contribution is -2.35. The molecule has 154 valence electrons. The lowest BCUT2D eigenvalue weighted by molar-refractivity contribution is -0.125. The van der Waals surface area contributed by atoms with Crippen molar-refractivity contribution >= 4 is 11.8 Å². The van der Waals surface area contributed by atoms with Crippen molar-refractivity contribution in [1.29, 1.82) is 0 Å². The van der Waals surface area contributed by atoms with Gasteiger partial charge in [0.1, 0.15) is 12.8 Å². The Bertz CT molecular complexity index is 373. The van der Waals surface area contributed by atoms with Gasteiger partial charge < -0.3 is 29.6 Å². The van der Waals surface area contributed by atoms with Gasteiger partial charge >= 0.3 is 0 Å². The van der Waals surface area contributed by atoms with Crippen LogP contribution in [0.15, 0.2) is 0 Å². The predicted molar refractivity (Wildman–Crippen MR) is 94.7 cm³/mol. The second kappa shape index (κ2) is 17.1. The Morgan fingerprint density at radius 1 is 1.00 bits per heavy atom. The lowest BCUT2D eigenvalue weighted by atomic mass is 10.1. The molecule has 0 aliphatic heterocycles. The Morgan fingerprint density at radius 3 is 2.23 bits per heavy atom. The van der Waals surface area contributed by atoms with Crippen LogP contribution in [0.5, 0.6) is 0 Å².